The van der Waals surface area contributed by atoms with Gasteiger partial charge in [0.1, 0.15) is 17.2 Å². The van der Waals surface area contributed by atoms with Crippen molar-refractivity contribution in [3.63, 3.8) is 0 Å². The van der Waals surface area contributed by atoms with Crippen molar-refractivity contribution < 1.29 is 42.6 Å². The summed E-state index contributed by atoms with van der Waals surface area (Å²) in [6.07, 6.45) is 0.867. The lowest BCUT2D eigenvalue weighted by molar-refractivity contribution is 0.283. The molecule has 3 aromatic rings. The molecule has 246 valence electrons. The Labute approximate surface area is 267 Å². The molecule has 1 aliphatic carbocycles. The monoisotopic (exact) mass is 624 g/mol. The second kappa shape index (κ2) is 14.3. The third kappa shape index (κ3) is 5.73. The van der Waals surface area contributed by atoms with Crippen LogP contribution in [0.5, 0.6) is 51.7 Å². The van der Waals surface area contributed by atoms with E-state index in [4.69, 9.17) is 42.6 Å². The van der Waals surface area contributed by atoms with Gasteiger partial charge in [-0.2, -0.15) is 0 Å². The lowest BCUT2D eigenvalue weighted by Crippen LogP contribution is -2.23. The summed E-state index contributed by atoms with van der Waals surface area (Å²) in [5.41, 5.74) is 4.13. The molecule has 0 saturated heterocycles. The Morgan fingerprint density at radius 3 is 1.49 bits per heavy atom. The zero-order valence-corrected chi connectivity index (χ0v) is 28.7. The molecule has 9 heteroatoms. The number of hydrogen-bond donors (Lipinski definition) is 0. The van der Waals surface area contributed by atoms with Crippen LogP contribution >= 0.6 is 0 Å². The maximum atomic E-state index is 6.12. The van der Waals surface area contributed by atoms with E-state index in [9.17, 15) is 0 Å². The highest BCUT2D eigenvalue weighted by Gasteiger charge is 2.49. The predicted molar refractivity (Wildman–Crippen MR) is 174 cm³/mol. The van der Waals surface area contributed by atoms with Crippen LogP contribution in [0, 0.1) is 11.8 Å². The lowest BCUT2D eigenvalue weighted by Gasteiger charge is -2.34. The first-order valence-electron chi connectivity index (χ1n) is 15.2. The molecular formula is C36H48O9. The van der Waals surface area contributed by atoms with Crippen LogP contribution in [0.4, 0.5) is 0 Å². The highest BCUT2D eigenvalue weighted by molar-refractivity contribution is 5.67. The van der Waals surface area contributed by atoms with Gasteiger partial charge >= 0.3 is 0 Å². The van der Waals surface area contributed by atoms with Gasteiger partial charge in [0.15, 0.2) is 34.5 Å². The topological polar surface area (TPSA) is 83.1 Å². The van der Waals surface area contributed by atoms with Crippen molar-refractivity contribution >= 4 is 0 Å². The molecule has 0 unspecified atom stereocenters. The van der Waals surface area contributed by atoms with Crippen LogP contribution in [0.15, 0.2) is 30.3 Å². The van der Waals surface area contributed by atoms with Gasteiger partial charge in [-0.3, -0.25) is 0 Å². The van der Waals surface area contributed by atoms with Crippen LogP contribution in [0.1, 0.15) is 67.2 Å². The normalized spacial score (nSPS) is 18.4. The molecule has 0 radical (unpaired) electrons. The molecule has 0 saturated carbocycles. The number of benzene rings is 3. The molecule has 1 aliphatic rings. The summed E-state index contributed by atoms with van der Waals surface area (Å²) in [4.78, 5) is 0. The summed E-state index contributed by atoms with van der Waals surface area (Å²) < 4.78 is 52.7. The van der Waals surface area contributed by atoms with E-state index in [1.165, 1.54) is 0 Å². The first-order valence-corrected chi connectivity index (χ1v) is 15.2. The molecule has 3 aromatic carbocycles. The van der Waals surface area contributed by atoms with Crippen molar-refractivity contribution in [2.45, 2.75) is 44.9 Å². The first kappa shape index (κ1) is 33.7. The first-order chi connectivity index (χ1) is 21.7. The van der Waals surface area contributed by atoms with Crippen LogP contribution in [0.25, 0.3) is 0 Å². The summed E-state index contributed by atoms with van der Waals surface area (Å²) in [6, 6.07) is 9.77. The highest BCUT2D eigenvalue weighted by atomic mass is 16.5. The Kier molecular flexibility index (Phi) is 10.7. The second-order valence-electron chi connectivity index (χ2n) is 11.3. The van der Waals surface area contributed by atoms with Gasteiger partial charge in [0, 0.05) is 46.4 Å². The maximum absolute atomic E-state index is 6.12. The fraction of sp³-hybridized carbons (Fsp3) is 0.500. The molecule has 0 aliphatic heterocycles. The van der Waals surface area contributed by atoms with Gasteiger partial charge in [-0.15, -0.1) is 0 Å². The van der Waals surface area contributed by atoms with E-state index in [-0.39, 0.29) is 29.6 Å². The lowest BCUT2D eigenvalue weighted by atomic mass is 9.70. The number of methoxy groups -OCH3 is 9. The van der Waals surface area contributed by atoms with Crippen LogP contribution < -0.4 is 42.6 Å². The van der Waals surface area contributed by atoms with E-state index in [1.807, 2.05) is 30.3 Å². The SMILES string of the molecule is CC[C@@H](c1cc(OC)c(OC)cc1OC)[C@H](C)[C@H]1c2c(OC)cc(OC)c(OC)c2[C@@H](c2cc(OC)c(OC)cc2OC)[C@@H]1C. The van der Waals surface area contributed by atoms with Crippen LogP contribution in [-0.4, -0.2) is 64.0 Å². The fourth-order valence-electron chi connectivity index (χ4n) is 7.51. The highest BCUT2D eigenvalue weighted by Crippen LogP contribution is 2.63. The van der Waals surface area contributed by atoms with Crippen molar-refractivity contribution in [3.05, 3.63) is 52.6 Å². The van der Waals surface area contributed by atoms with Gasteiger partial charge in [-0.25, -0.2) is 0 Å². The summed E-state index contributed by atoms with van der Waals surface area (Å²) >= 11 is 0. The van der Waals surface area contributed by atoms with Crippen molar-refractivity contribution in [3.8, 4) is 51.7 Å². The summed E-state index contributed by atoms with van der Waals surface area (Å²) in [7, 11) is 14.9. The van der Waals surface area contributed by atoms with Gasteiger partial charge in [-0.05, 0) is 42.2 Å². The minimum absolute atomic E-state index is 0.0420. The average molecular weight is 625 g/mol. The number of fused-ring (bicyclic) bond motifs is 1. The average Bonchev–Trinajstić information content (AvgIpc) is 3.38. The number of rotatable bonds is 14. The van der Waals surface area contributed by atoms with Crippen LogP contribution in [0.3, 0.4) is 0 Å². The molecule has 45 heavy (non-hydrogen) atoms. The summed E-state index contributed by atoms with van der Waals surface area (Å²) in [6.45, 7) is 6.80. The minimum atomic E-state index is -0.147. The summed E-state index contributed by atoms with van der Waals surface area (Å²) in [5, 5.41) is 0. The zero-order chi connectivity index (χ0) is 33.0. The second-order valence-corrected chi connectivity index (χ2v) is 11.3. The molecule has 9 nitrogen and oxygen atoms in total. The number of ether oxygens (including phenoxy) is 9. The Morgan fingerprint density at radius 2 is 1.00 bits per heavy atom. The third-order valence-corrected chi connectivity index (χ3v) is 9.51. The van der Waals surface area contributed by atoms with Crippen molar-refractivity contribution in [1.82, 2.24) is 0 Å². The largest absolute Gasteiger partial charge is 0.496 e. The quantitative estimate of drug-likeness (QED) is 0.182. The Balaban J connectivity index is 2.02. The van der Waals surface area contributed by atoms with Crippen molar-refractivity contribution in [2.75, 3.05) is 64.0 Å². The van der Waals surface area contributed by atoms with Gasteiger partial charge in [0.2, 0.25) is 0 Å². The van der Waals surface area contributed by atoms with E-state index in [0.717, 1.165) is 40.2 Å². The molecule has 0 heterocycles. The summed E-state index contributed by atoms with van der Waals surface area (Å²) in [5.74, 6) is 6.18. The standard InChI is InChI=1S/C36H48O9/c1-13-21(22-14-26(39-6)28(41-8)16-24(22)37-4)19(2)32-20(3)33(23-15-27(40-7)29(42-9)17-25(23)38-5)35-34(32)30(43-10)18-31(44-11)36(35)45-12/h14-21,32-33H,13H2,1-12H3/t19-,20+,21+,32+,33+/m0/s1. The van der Waals surface area contributed by atoms with E-state index >= 15 is 0 Å². The predicted octanol–water partition coefficient (Wildman–Crippen LogP) is 7.46. The molecule has 0 fully saturated rings. The zero-order valence-electron chi connectivity index (χ0n) is 28.7. The minimum Gasteiger partial charge on any atom is -0.496 e. The Morgan fingerprint density at radius 1 is 0.533 bits per heavy atom. The molecule has 0 amide bonds. The molecule has 0 bridgehead atoms. The molecule has 0 spiro atoms. The maximum Gasteiger partial charge on any atom is 0.165 e. The Hall–Kier alpha value is -4.14. The van der Waals surface area contributed by atoms with Crippen molar-refractivity contribution in [2.24, 2.45) is 11.8 Å². The third-order valence-electron chi connectivity index (χ3n) is 9.51. The van der Waals surface area contributed by atoms with E-state index in [1.54, 1.807) is 64.0 Å². The van der Waals surface area contributed by atoms with E-state index in [2.05, 4.69) is 20.8 Å². The fourth-order valence-corrected chi connectivity index (χ4v) is 7.51. The molecule has 0 aromatic heterocycles. The molecule has 5 atom stereocenters. The van der Waals surface area contributed by atoms with E-state index in [0.29, 0.717) is 40.2 Å². The molecule has 4 rings (SSSR count). The van der Waals surface area contributed by atoms with Gasteiger partial charge in [-0.1, -0.05) is 20.8 Å². The van der Waals surface area contributed by atoms with Crippen LogP contribution in [0.2, 0.25) is 0 Å². The molecule has 0 N–H and O–H groups in total. The van der Waals surface area contributed by atoms with Gasteiger partial charge in [0.05, 0.1) is 64.0 Å². The van der Waals surface area contributed by atoms with Crippen LogP contribution in [-0.2, 0) is 0 Å². The number of hydrogen-bond acceptors (Lipinski definition) is 9. The van der Waals surface area contributed by atoms with Crippen molar-refractivity contribution in [1.29, 1.82) is 0 Å². The molecular weight excluding hydrogens is 576 g/mol. The Bertz CT molecular complexity index is 1480. The van der Waals surface area contributed by atoms with Gasteiger partial charge < -0.3 is 42.6 Å². The van der Waals surface area contributed by atoms with Gasteiger partial charge in [0.25, 0.3) is 0 Å². The van der Waals surface area contributed by atoms with E-state index < -0.39 is 0 Å². The smallest absolute Gasteiger partial charge is 0.165 e.